The van der Waals surface area contributed by atoms with Crippen LogP contribution in [0.2, 0.25) is 0 Å². The third kappa shape index (κ3) is 5.30. The van der Waals surface area contributed by atoms with E-state index in [-0.39, 0.29) is 23.0 Å². The zero-order valence-electron chi connectivity index (χ0n) is 36.6. The van der Waals surface area contributed by atoms with Crippen LogP contribution in [0.25, 0.3) is 82.2 Å². The molecule has 2 N–H and O–H groups in total. The first-order chi connectivity index (χ1) is 31.3. The maximum Gasteiger partial charge on any atom is 0.104 e. The molecule has 0 saturated heterocycles. The topological polar surface area (TPSA) is 24.1 Å². The van der Waals surface area contributed by atoms with Crippen molar-refractivity contribution in [3.05, 3.63) is 233 Å². The highest BCUT2D eigenvalue weighted by Gasteiger charge is 2.41. The summed E-state index contributed by atoms with van der Waals surface area (Å²) in [5, 5.41) is 18.5. The number of rotatable bonds is 4. The average molecular weight is 821 g/mol. The predicted octanol–water partition coefficient (Wildman–Crippen LogP) is 15.6. The molecule has 0 saturated carbocycles. The molecular formula is C62H48N2. The third-order valence-electron chi connectivity index (χ3n) is 15.1. The van der Waals surface area contributed by atoms with E-state index in [2.05, 4.69) is 232 Å². The van der Waals surface area contributed by atoms with Crippen LogP contribution in [0.3, 0.4) is 0 Å². The zero-order valence-corrected chi connectivity index (χ0v) is 36.6. The molecule has 0 bridgehead atoms. The quantitative estimate of drug-likeness (QED) is 0.173. The van der Waals surface area contributed by atoms with Crippen molar-refractivity contribution in [2.75, 3.05) is 0 Å². The summed E-state index contributed by atoms with van der Waals surface area (Å²) in [6.07, 6.45) is 2.33. The van der Waals surface area contributed by atoms with Gasteiger partial charge < -0.3 is 5.32 Å². The molecule has 2 unspecified atom stereocenters. The van der Waals surface area contributed by atoms with Crippen LogP contribution in [-0.2, 0) is 10.8 Å². The van der Waals surface area contributed by atoms with Gasteiger partial charge >= 0.3 is 0 Å². The Labute approximate surface area is 374 Å². The molecule has 13 rings (SSSR count). The van der Waals surface area contributed by atoms with Crippen molar-refractivity contribution in [2.45, 2.75) is 50.7 Å². The first-order valence-electron chi connectivity index (χ1n) is 22.8. The maximum atomic E-state index is 4.08. The molecule has 2 atom stereocenters. The SMILES string of the molecule is CC1(C)c2cc3ccccc3cc2-c2c(-c3ccc(C4=CC(c5cc6c(c7ccccc57)-c5c(c7ccccc7c7ccccc57)C6(C)C)NC(c5ccccc5)N4)cc3)cccc21. The number of hydrogen-bond acceptors (Lipinski definition) is 2. The summed E-state index contributed by atoms with van der Waals surface area (Å²) in [5.74, 6) is 0. The summed E-state index contributed by atoms with van der Waals surface area (Å²) < 4.78 is 0. The van der Waals surface area contributed by atoms with Crippen LogP contribution < -0.4 is 10.6 Å². The van der Waals surface area contributed by atoms with Gasteiger partial charge in [-0.25, -0.2) is 0 Å². The Kier molecular flexibility index (Phi) is 7.94. The van der Waals surface area contributed by atoms with Crippen molar-refractivity contribution >= 4 is 48.8 Å². The summed E-state index contributed by atoms with van der Waals surface area (Å²) in [7, 11) is 0. The minimum absolute atomic E-state index is 0.0599. The number of hydrogen-bond donors (Lipinski definition) is 2. The minimum atomic E-state index is -0.221. The predicted molar refractivity (Wildman–Crippen MR) is 270 cm³/mol. The summed E-state index contributed by atoms with van der Waals surface area (Å²) in [4.78, 5) is 0. The zero-order chi connectivity index (χ0) is 42.9. The maximum absolute atomic E-state index is 4.08. The normalized spacial score (nSPS) is 17.8. The fourth-order valence-corrected chi connectivity index (χ4v) is 12.0. The van der Waals surface area contributed by atoms with E-state index in [0.717, 1.165) is 5.70 Å². The molecule has 0 spiro atoms. The fourth-order valence-electron chi connectivity index (χ4n) is 12.0. The highest BCUT2D eigenvalue weighted by Crippen LogP contribution is 2.58. The molecule has 64 heavy (non-hydrogen) atoms. The lowest BCUT2D eigenvalue weighted by Crippen LogP contribution is -2.39. The van der Waals surface area contributed by atoms with Crippen LogP contribution in [0.1, 0.15) is 78.8 Å². The first-order valence-corrected chi connectivity index (χ1v) is 22.8. The summed E-state index contributed by atoms with van der Waals surface area (Å²) in [6, 6.07) is 70.2. The van der Waals surface area contributed by atoms with Crippen LogP contribution in [0.5, 0.6) is 0 Å². The van der Waals surface area contributed by atoms with Gasteiger partial charge in [0.1, 0.15) is 6.17 Å². The van der Waals surface area contributed by atoms with Crippen molar-refractivity contribution < 1.29 is 0 Å². The van der Waals surface area contributed by atoms with E-state index in [4.69, 9.17) is 0 Å². The minimum Gasteiger partial charge on any atom is -0.366 e. The van der Waals surface area contributed by atoms with Gasteiger partial charge in [0.15, 0.2) is 0 Å². The Morgan fingerprint density at radius 3 is 1.73 bits per heavy atom. The van der Waals surface area contributed by atoms with E-state index in [1.165, 1.54) is 115 Å². The monoisotopic (exact) mass is 820 g/mol. The van der Waals surface area contributed by atoms with Crippen molar-refractivity contribution in [1.29, 1.82) is 0 Å². The molecule has 306 valence electrons. The van der Waals surface area contributed by atoms with E-state index in [9.17, 15) is 0 Å². The Balaban J connectivity index is 0.958. The summed E-state index contributed by atoms with van der Waals surface area (Å²) in [5.41, 5.74) is 18.1. The molecule has 2 heteroatoms. The van der Waals surface area contributed by atoms with Gasteiger partial charge in [-0.05, 0) is 134 Å². The smallest absolute Gasteiger partial charge is 0.104 e. The Morgan fingerprint density at radius 1 is 0.406 bits per heavy atom. The lowest BCUT2D eigenvalue weighted by Gasteiger charge is -2.34. The van der Waals surface area contributed by atoms with Gasteiger partial charge in [0.2, 0.25) is 0 Å². The van der Waals surface area contributed by atoms with Crippen LogP contribution >= 0.6 is 0 Å². The molecule has 10 aromatic carbocycles. The lowest BCUT2D eigenvalue weighted by molar-refractivity contribution is 0.444. The van der Waals surface area contributed by atoms with Crippen molar-refractivity contribution in [1.82, 2.24) is 10.6 Å². The van der Waals surface area contributed by atoms with Gasteiger partial charge in [-0.15, -0.1) is 0 Å². The molecule has 0 radical (unpaired) electrons. The van der Waals surface area contributed by atoms with Crippen molar-refractivity contribution in [3.63, 3.8) is 0 Å². The first kappa shape index (κ1) is 37.3. The van der Waals surface area contributed by atoms with Crippen LogP contribution in [0.4, 0.5) is 0 Å². The Hall–Kier alpha value is -7.26. The second kappa shape index (κ2) is 13.6. The van der Waals surface area contributed by atoms with Crippen LogP contribution in [0, 0.1) is 0 Å². The molecule has 1 heterocycles. The number of nitrogens with one attached hydrogen (secondary N) is 2. The average Bonchev–Trinajstić information content (AvgIpc) is 3.72. The molecule has 2 aliphatic carbocycles. The molecule has 10 aromatic rings. The van der Waals surface area contributed by atoms with Gasteiger partial charge in [0.05, 0.1) is 6.04 Å². The molecular weight excluding hydrogens is 773 g/mol. The van der Waals surface area contributed by atoms with E-state index in [1.807, 2.05) is 0 Å². The summed E-state index contributed by atoms with van der Waals surface area (Å²) >= 11 is 0. The van der Waals surface area contributed by atoms with Gasteiger partial charge in [0.25, 0.3) is 0 Å². The number of benzene rings is 10. The van der Waals surface area contributed by atoms with E-state index >= 15 is 0 Å². The largest absolute Gasteiger partial charge is 0.366 e. The Bertz CT molecular complexity index is 3610. The van der Waals surface area contributed by atoms with Gasteiger partial charge in [-0.1, -0.05) is 204 Å². The molecule has 3 aliphatic rings. The standard InChI is InChI=1S/C62H48N2/c1-61(2)51-28-16-27-42(56(51)50-33-40-19-8-9-20-41(40)34-52(50)61)37-29-31-38(32-30-37)54-36-55(64-60(63-54)39-17-6-5-7-18-39)49-35-53-57(46-24-13-11-23-45(46)49)58-47-25-14-10-21-43(47)44-22-12-15-26-48(44)59(58)62(53,3)4/h5-36,55,60,63-64H,1-4H3. The van der Waals surface area contributed by atoms with Gasteiger partial charge in [0, 0.05) is 16.5 Å². The van der Waals surface area contributed by atoms with Gasteiger partial charge in [-0.2, -0.15) is 0 Å². The van der Waals surface area contributed by atoms with Crippen LogP contribution in [0.15, 0.2) is 194 Å². The van der Waals surface area contributed by atoms with Crippen molar-refractivity contribution in [3.8, 4) is 33.4 Å². The third-order valence-corrected chi connectivity index (χ3v) is 15.1. The number of fused-ring (bicyclic) bond motifs is 14. The molecule has 0 fully saturated rings. The highest BCUT2D eigenvalue weighted by molar-refractivity contribution is 6.21. The molecule has 2 nitrogen and oxygen atoms in total. The summed E-state index contributed by atoms with van der Waals surface area (Å²) in [6.45, 7) is 9.63. The van der Waals surface area contributed by atoms with E-state index < -0.39 is 0 Å². The molecule has 0 amide bonds. The second-order valence-corrected chi connectivity index (χ2v) is 19.3. The lowest BCUT2D eigenvalue weighted by atomic mass is 9.78. The highest BCUT2D eigenvalue weighted by atomic mass is 15.2. The van der Waals surface area contributed by atoms with Crippen LogP contribution in [-0.4, -0.2) is 0 Å². The van der Waals surface area contributed by atoms with Crippen molar-refractivity contribution in [2.24, 2.45) is 0 Å². The van der Waals surface area contributed by atoms with Gasteiger partial charge in [-0.3, -0.25) is 5.32 Å². The Morgan fingerprint density at radius 2 is 1.00 bits per heavy atom. The second-order valence-electron chi connectivity index (χ2n) is 19.3. The van der Waals surface area contributed by atoms with E-state index in [1.54, 1.807) is 0 Å². The molecule has 0 aromatic heterocycles. The van der Waals surface area contributed by atoms with E-state index in [0.29, 0.717) is 0 Å². The fraction of sp³-hybridized carbons (Fsp3) is 0.129. The molecule has 1 aliphatic heterocycles.